The summed E-state index contributed by atoms with van der Waals surface area (Å²) in [5.41, 5.74) is 11.4. The Labute approximate surface area is 152 Å². The highest BCUT2D eigenvalue weighted by Crippen LogP contribution is 2.36. The molecule has 1 heterocycles. The molecule has 26 heavy (non-hydrogen) atoms. The zero-order valence-corrected chi connectivity index (χ0v) is 15.0. The molecule has 2 aromatic carbocycles. The summed E-state index contributed by atoms with van der Waals surface area (Å²) in [4.78, 5) is 11.2. The maximum Gasteiger partial charge on any atom is 0.303 e. The second-order valence-electron chi connectivity index (χ2n) is 6.73. The molecule has 0 aliphatic rings. The van der Waals surface area contributed by atoms with Crippen molar-refractivity contribution in [3.05, 3.63) is 59.3 Å². The molecule has 5 nitrogen and oxygen atoms in total. The van der Waals surface area contributed by atoms with E-state index in [9.17, 15) is 9.90 Å². The molecule has 0 fully saturated rings. The predicted octanol–water partition coefficient (Wildman–Crippen LogP) is 4.35. The van der Waals surface area contributed by atoms with Crippen LogP contribution in [0.15, 0.2) is 42.5 Å². The van der Waals surface area contributed by atoms with Crippen LogP contribution in [-0.2, 0) is 11.2 Å². The van der Waals surface area contributed by atoms with E-state index < -0.39 is 5.97 Å². The molecule has 1 aromatic heterocycles. The first kappa shape index (κ1) is 17.7. The first-order valence-corrected chi connectivity index (χ1v) is 8.68. The molecule has 0 saturated heterocycles. The average Bonchev–Trinajstić information content (AvgIpc) is 2.93. The van der Waals surface area contributed by atoms with Gasteiger partial charge in [-0.1, -0.05) is 32.0 Å². The van der Waals surface area contributed by atoms with E-state index in [1.54, 1.807) is 0 Å². The fourth-order valence-electron chi connectivity index (χ4n) is 3.53. The fraction of sp³-hybridized carbons (Fsp3) is 0.238. The van der Waals surface area contributed by atoms with Crippen molar-refractivity contribution >= 4 is 28.8 Å². The lowest BCUT2D eigenvalue weighted by Crippen LogP contribution is -2.06. The van der Waals surface area contributed by atoms with Gasteiger partial charge in [0.25, 0.3) is 0 Å². The van der Waals surface area contributed by atoms with Gasteiger partial charge in [-0.25, -0.2) is 0 Å². The van der Waals surface area contributed by atoms with Crippen LogP contribution in [0.25, 0.3) is 16.6 Å². The summed E-state index contributed by atoms with van der Waals surface area (Å²) in [6.45, 7) is 4.22. The van der Waals surface area contributed by atoms with E-state index in [0.29, 0.717) is 17.7 Å². The molecule has 0 aliphatic carbocycles. The second-order valence-corrected chi connectivity index (χ2v) is 6.73. The highest BCUT2D eigenvalue weighted by Gasteiger charge is 2.22. The number of anilines is 1. The third-order valence-corrected chi connectivity index (χ3v) is 4.62. The highest BCUT2D eigenvalue weighted by molar-refractivity contribution is 5.98. The number of aryl methyl sites for hydroxylation is 1. The summed E-state index contributed by atoms with van der Waals surface area (Å²) in [6, 6.07) is 13.8. The summed E-state index contributed by atoms with van der Waals surface area (Å²) in [5, 5.41) is 17.8. The number of nitrogens with two attached hydrogens (primary N) is 1. The van der Waals surface area contributed by atoms with Crippen molar-refractivity contribution in [2.75, 3.05) is 5.73 Å². The Morgan fingerprint density at radius 1 is 1.27 bits per heavy atom. The van der Waals surface area contributed by atoms with Gasteiger partial charge in [0.15, 0.2) is 0 Å². The third kappa shape index (κ3) is 3.08. The van der Waals surface area contributed by atoms with Gasteiger partial charge in [-0.05, 0) is 42.2 Å². The van der Waals surface area contributed by atoms with Gasteiger partial charge in [-0.15, -0.1) is 0 Å². The van der Waals surface area contributed by atoms with Crippen LogP contribution in [-0.4, -0.2) is 21.9 Å². The number of hydrogen-bond donors (Lipinski definition) is 3. The summed E-state index contributed by atoms with van der Waals surface area (Å²) in [5.74, 6) is -0.611. The van der Waals surface area contributed by atoms with Crippen LogP contribution in [0.1, 0.15) is 43.0 Å². The number of carbonyl (C=O) groups is 1. The zero-order valence-electron chi connectivity index (χ0n) is 15.0. The molecule has 134 valence electrons. The van der Waals surface area contributed by atoms with E-state index in [2.05, 4.69) is 18.4 Å². The van der Waals surface area contributed by atoms with Crippen LogP contribution in [0.5, 0.6) is 0 Å². The van der Waals surface area contributed by atoms with Gasteiger partial charge >= 0.3 is 5.97 Å². The first-order chi connectivity index (χ1) is 12.4. The number of nitrogens with one attached hydrogen (secondary N) is 1. The molecule has 0 saturated carbocycles. The number of carboxylic acids is 1. The monoisotopic (exact) mass is 349 g/mol. The summed E-state index contributed by atoms with van der Waals surface area (Å²) < 4.78 is 2.17. The molecule has 3 aromatic rings. The Morgan fingerprint density at radius 3 is 2.54 bits per heavy atom. The average molecular weight is 349 g/mol. The topological polar surface area (TPSA) is 92.1 Å². The molecule has 0 spiro atoms. The molecule has 0 aliphatic heterocycles. The lowest BCUT2D eigenvalue weighted by molar-refractivity contribution is -0.136. The lowest BCUT2D eigenvalue weighted by atomic mass is 9.98. The van der Waals surface area contributed by atoms with Crippen LogP contribution in [0.3, 0.4) is 0 Å². The van der Waals surface area contributed by atoms with Crippen molar-refractivity contribution in [3.63, 3.8) is 0 Å². The van der Waals surface area contributed by atoms with Gasteiger partial charge in [0, 0.05) is 40.7 Å². The Morgan fingerprint density at radius 2 is 1.96 bits per heavy atom. The summed E-state index contributed by atoms with van der Waals surface area (Å²) >= 11 is 0. The van der Waals surface area contributed by atoms with Crippen LogP contribution in [0.4, 0.5) is 5.69 Å². The van der Waals surface area contributed by atoms with Gasteiger partial charge < -0.3 is 20.8 Å². The first-order valence-electron chi connectivity index (χ1n) is 8.68. The quantitative estimate of drug-likeness (QED) is 0.456. The van der Waals surface area contributed by atoms with Crippen molar-refractivity contribution in [1.29, 1.82) is 5.41 Å². The molecule has 4 N–H and O–H groups in total. The number of rotatable bonds is 6. The number of carboxylic acid groups (broad SMARTS) is 1. The largest absolute Gasteiger partial charge is 0.481 e. The minimum absolute atomic E-state index is 0.0693. The van der Waals surface area contributed by atoms with Crippen molar-refractivity contribution in [2.24, 2.45) is 0 Å². The van der Waals surface area contributed by atoms with E-state index in [0.717, 1.165) is 27.8 Å². The third-order valence-electron chi connectivity index (χ3n) is 4.62. The van der Waals surface area contributed by atoms with E-state index in [1.165, 1.54) is 6.21 Å². The molecule has 0 unspecified atom stereocenters. The van der Waals surface area contributed by atoms with E-state index >= 15 is 0 Å². The zero-order chi connectivity index (χ0) is 18.8. The number of nitrogen functional groups attached to an aromatic ring is 1. The normalized spacial score (nSPS) is 11.2. The molecular formula is C21H23N3O2. The van der Waals surface area contributed by atoms with Gasteiger partial charge in [0.1, 0.15) is 0 Å². The van der Waals surface area contributed by atoms with Gasteiger partial charge in [0.05, 0.1) is 5.52 Å². The maximum absolute atomic E-state index is 11.2. The minimum atomic E-state index is -0.815. The van der Waals surface area contributed by atoms with E-state index in [-0.39, 0.29) is 12.3 Å². The molecule has 3 rings (SSSR count). The van der Waals surface area contributed by atoms with Crippen molar-refractivity contribution in [1.82, 2.24) is 4.57 Å². The number of benzene rings is 2. The van der Waals surface area contributed by atoms with Crippen LogP contribution in [0.2, 0.25) is 0 Å². The summed E-state index contributed by atoms with van der Waals surface area (Å²) in [7, 11) is 0. The Hall–Kier alpha value is -3.08. The smallest absolute Gasteiger partial charge is 0.303 e. The number of hydrogen-bond acceptors (Lipinski definition) is 3. The number of aliphatic carboxylic acids is 1. The van der Waals surface area contributed by atoms with E-state index in [4.69, 9.17) is 11.1 Å². The molecule has 0 bridgehead atoms. The van der Waals surface area contributed by atoms with Crippen molar-refractivity contribution in [3.8, 4) is 5.69 Å². The lowest BCUT2D eigenvalue weighted by Gasteiger charge is -2.15. The maximum atomic E-state index is 11.2. The molecular weight excluding hydrogens is 326 g/mol. The molecule has 0 amide bonds. The Kier molecular flexibility index (Phi) is 4.80. The van der Waals surface area contributed by atoms with Gasteiger partial charge in [-0.3, -0.25) is 4.79 Å². The standard InChI is InChI=1S/C21H23N3O2/c1-13(2)21-16(8-9-20(25)26)17-11-18(23)14(12-22)10-19(17)24(21)15-6-4-3-5-7-15/h3-7,10-13,22H,8-9,23H2,1-2H3,(H,25,26). The van der Waals surface area contributed by atoms with Crippen LogP contribution < -0.4 is 5.73 Å². The SMILES string of the molecule is CC(C)c1c(CCC(=O)O)c2cc(N)c(C=N)cc2n1-c1ccccc1. The van der Waals surface area contributed by atoms with E-state index in [1.807, 2.05) is 42.5 Å². The number of aromatic nitrogens is 1. The Balaban J connectivity index is 2.40. The minimum Gasteiger partial charge on any atom is -0.481 e. The number of fused-ring (bicyclic) bond motifs is 1. The number of para-hydroxylation sites is 1. The fourth-order valence-corrected chi connectivity index (χ4v) is 3.53. The molecule has 0 atom stereocenters. The van der Waals surface area contributed by atoms with Crippen LogP contribution >= 0.6 is 0 Å². The number of nitrogens with zero attached hydrogens (tertiary/aromatic N) is 1. The van der Waals surface area contributed by atoms with Crippen molar-refractivity contribution in [2.45, 2.75) is 32.6 Å². The van der Waals surface area contributed by atoms with Crippen LogP contribution in [0, 0.1) is 5.41 Å². The second kappa shape index (κ2) is 7.04. The molecule has 0 radical (unpaired) electrons. The molecule has 5 heteroatoms. The Bertz CT molecular complexity index is 972. The summed E-state index contributed by atoms with van der Waals surface area (Å²) in [6.07, 6.45) is 1.77. The predicted molar refractivity (Wildman–Crippen MR) is 106 cm³/mol. The van der Waals surface area contributed by atoms with Gasteiger partial charge in [-0.2, -0.15) is 0 Å². The highest BCUT2D eigenvalue weighted by atomic mass is 16.4. The van der Waals surface area contributed by atoms with Crippen molar-refractivity contribution < 1.29 is 9.90 Å². The van der Waals surface area contributed by atoms with Gasteiger partial charge in [0.2, 0.25) is 0 Å².